The molecule has 7 nitrogen and oxygen atoms in total. The van der Waals surface area contributed by atoms with Crippen molar-refractivity contribution in [2.75, 3.05) is 11.1 Å². The number of nitro benzene ring substituents is 1. The molecule has 140 valence electrons. The van der Waals surface area contributed by atoms with E-state index in [1.165, 1.54) is 37.3 Å². The summed E-state index contributed by atoms with van der Waals surface area (Å²) in [6.07, 6.45) is -4.71. The number of thioether (sulfide) groups is 1. The number of nitrogens with one attached hydrogen (secondary N) is 1. The monoisotopic (exact) mass is 396 g/mol. The zero-order chi connectivity index (χ0) is 20.2. The van der Waals surface area contributed by atoms with Gasteiger partial charge >= 0.3 is 6.18 Å². The van der Waals surface area contributed by atoms with Crippen LogP contribution in [0, 0.1) is 28.4 Å². The number of nitrogens with zero attached hydrogens (tertiary/aromatic N) is 3. The van der Waals surface area contributed by atoms with Crippen LogP contribution in [0.3, 0.4) is 0 Å². The zero-order valence-corrected chi connectivity index (χ0v) is 14.5. The van der Waals surface area contributed by atoms with Gasteiger partial charge in [-0.2, -0.15) is 18.4 Å². The summed E-state index contributed by atoms with van der Waals surface area (Å²) in [4.78, 5) is 25.9. The first-order valence-electron chi connectivity index (χ1n) is 7.28. The molecule has 0 fully saturated rings. The summed E-state index contributed by atoms with van der Waals surface area (Å²) in [6.45, 7) is 1.36. The van der Waals surface area contributed by atoms with E-state index in [-0.39, 0.29) is 22.2 Å². The van der Waals surface area contributed by atoms with Gasteiger partial charge in [-0.25, -0.2) is 4.98 Å². The van der Waals surface area contributed by atoms with Crippen molar-refractivity contribution in [3.63, 3.8) is 0 Å². The highest BCUT2D eigenvalue weighted by Gasteiger charge is 2.35. The maximum absolute atomic E-state index is 13.1. The lowest BCUT2D eigenvalue weighted by Gasteiger charge is -2.12. The Bertz CT molecular complexity index is 924. The lowest BCUT2D eigenvalue weighted by molar-refractivity contribution is -0.384. The third-order valence-corrected chi connectivity index (χ3v) is 4.21. The Balaban J connectivity index is 2.12. The Kier molecular flexibility index (Phi) is 6.02. The Hall–Kier alpha value is -3.13. The number of non-ortho nitro benzene ring substituents is 1. The molecule has 0 saturated carbocycles. The SMILES string of the molecule is Cc1cc(C(F)(F)F)c(C#N)c(SCC(=O)Nc2ccc([N+](=O)[O-])cc2)n1. The number of nitro groups is 1. The van der Waals surface area contributed by atoms with Crippen LogP contribution in [0.15, 0.2) is 35.4 Å². The maximum atomic E-state index is 13.1. The van der Waals surface area contributed by atoms with Crippen LogP contribution in [0.4, 0.5) is 24.5 Å². The van der Waals surface area contributed by atoms with Crippen molar-refractivity contribution in [1.29, 1.82) is 5.26 Å². The van der Waals surface area contributed by atoms with Crippen molar-refractivity contribution in [1.82, 2.24) is 4.98 Å². The van der Waals surface area contributed by atoms with E-state index in [2.05, 4.69) is 10.3 Å². The van der Waals surface area contributed by atoms with Crippen LogP contribution < -0.4 is 5.32 Å². The van der Waals surface area contributed by atoms with E-state index in [0.717, 1.165) is 6.07 Å². The summed E-state index contributed by atoms with van der Waals surface area (Å²) in [5, 5.41) is 21.9. The molecular formula is C16H11F3N4O3S. The minimum Gasteiger partial charge on any atom is -0.325 e. The number of benzene rings is 1. The van der Waals surface area contributed by atoms with Crippen LogP contribution in [-0.4, -0.2) is 21.6 Å². The molecule has 2 aromatic rings. The first-order chi connectivity index (χ1) is 12.6. The fourth-order valence-electron chi connectivity index (χ4n) is 2.08. The normalized spacial score (nSPS) is 10.9. The minimum atomic E-state index is -4.71. The van der Waals surface area contributed by atoms with Crippen molar-refractivity contribution in [3.8, 4) is 6.07 Å². The summed E-state index contributed by atoms with van der Waals surface area (Å²) in [5.74, 6) is -0.853. The number of hydrogen-bond acceptors (Lipinski definition) is 6. The van der Waals surface area contributed by atoms with Crippen molar-refractivity contribution in [2.24, 2.45) is 0 Å². The number of nitriles is 1. The number of halogens is 3. The zero-order valence-electron chi connectivity index (χ0n) is 13.7. The molecule has 0 radical (unpaired) electrons. The molecule has 0 bridgehead atoms. The van der Waals surface area contributed by atoms with Gasteiger partial charge in [0.05, 0.1) is 21.8 Å². The molecule has 1 aromatic heterocycles. The molecule has 0 saturated heterocycles. The van der Waals surface area contributed by atoms with Crippen molar-refractivity contribution in [2.45, 2.75) is 18.1 Å². The van der Waals surface area contributed by atoms with Crippen molar-refractivity contribution < 1.29 is 22.9 Å². The highest BCUT2D eigenvalue weighted by molar-refractivity contribution is 8.00. The summed E-state index contributed by atoms with van der Waals surface area (Å²) in [5.41, 5.74) is -1.53. The van der Waals surface area contributed by atoms with E-state index < -0.39 is 28.1 Å². The van der Waals surface area contributed by atoms with Gasteiger partial charge in [0.25, 0.3) is 5.69 Å². The highest BCUT2D eigenvalue weighted by Crippen LogP contribution is 2.35. The number of aromatic nitrogens is 1. The van der Waals surface area contributed by atoms with Crippen LogP contribution >= 0.6 is 11.8 Å². The van der Waals surface area contributed by atoms with E-state index in [1.54, 1.807) is 0 Å². The van der Waals surface area contributed by atoms with Gasteiger partial charge in [0.2, 0.25) is 5.91 Å². The first kappa shape index (κ1) is 20.2. The average molecular weight is 396 g/mol. The Morgan fingerprint density at radius 3 is 2.52 bits per heavy atom. The van der Waals surface area contributed by atoms with Crippen LogP contribution in [0.5, 0.6) is 0 Å². The average Bonchev–Trinajstić information content (AvgIpc) is 2.59. The number of alkyl halides is 3. The molecule has 1 N–H and O–H groups in total. The Morgan fingerprint density at radius 1 is 1.37 bits per heavy atom. The predicted octanol–water partition coefficient (Wildman–Crippen LogP) is 3.92. The molecule has 1 heterocycles. The summed E-state index contributed by atoms with van der Waals surface area (Å²) in [6, 6.07) is 7.33. The van der Waals surface area contributed by atoms with E-state index in [4.69, 9.17) is 5.26 Å². The summed E-state index contributed by atoms with van der Waals surface area (Å²) >= 11 is 0.698. The van der Waals surface area contributed by atoms with E-state index in [9.17, 15) is 28.1 Å². The van der Waals surface area contributed by atoms with Gasteiger partial charge in [0.15, 0.2) is 0 Å². The quantitative estimate of drug-likeness (QED) is 0.466. The second-order valence-electron chi connectivity index (χ2n) is 5.24. The molecule has 27 heavy (non-hydrogen) atoms. The lowest BCUT2D eigenvalue weighted by atomic mass is 10.1. The Morgan fingerprint density at radius 2 is 2.00 bits per heavy atom. The lowest BCUT2D eigenvalue weighted by Crippen LogP contribution is -2.15. The van der Waals surface area contributed by atoms with Crippen molar-refractivity contribution in [3.05, 3.63) is 57.3 Å². The van der Waals surface area contributed by atoms with Crippen LogP contribution in [-0.2, 0) is 11.0 Å². The predicted molar refractivity (Wildman–Crippen MR) is 91.1 cm³/mol. The van der Waals surface area contributed by atoms with Crippen LogP contribution in [0.2, 0.25) is 0 Å². The molecule has 0 aliphatic carbocycles. The standard InChI is InChI=1S/C16H11F3N4O3S/c1-9-6-13(16(17,18)19)12(7-20)15(21-9)27-8-14(24)22-10-2-4-11(5-3-10)23(25)26/h2-6H,8H2,1H3,(H,22,24). The van der Waals surface area contributed by atoms with Gasteiger partial charge in [-0.05, 0) is 25.1 Å². The number of hydrogen-bond donors (Lipinski definition) is 1. The molecule has 0 atom stereocenters. The van der Waals surface area contributed by atoms with E-state index in [1.807, 2.05) is 0 Å². The fourth-order valence-corrected chi connectivity index (χ4v) is 2.93. The van der Waals surface area contributed by atoms with Gasteiger partial charge in [0.1, 0.15) is 11.1 Å². The van der Waals surface area contributed by atoms with Gasteiger partial charge < -0.3 is 5.32 Å². The maximum Gasteiger partial charge on any atom is 0.417 e. The number of carbonyl (C=O) groups is 1. The summed E-state index contributed by atoms with van der Waals surface area (Å²) in [7, 11) is 0. The number of anilines is 1. The second kappa shape index (κ2) is 8.05. The number of amides is 1. The number of carbonyl (C=O) groups excluding carboxylic acids is 1. The molecule has 1 aromatic carbocycles. The van der Waals surface area contributed by atoms with Crippen molar-refractivity contribution >= 4 is 29.0 Å². The third-order valence-electron chi connectivity index (χ3n) is 3.23. The van der Waals surface area contributed by atoms with E-state index >= 15 is 0 Å². The highest BCUT2D eigenvalue weighted by atomic mass is 32.2. The van der Waals surface area contributed by atoms with Gasteiger partial charge in [-0.15, -0.1) is 0 Å². The molecule has 0 aliphatic rings. The third kappa shape index (κ3) is 5.18. The second-order valence-corrected chi connectivity index (χ2v) is 6.21. The Labute approximate surface area is 155 Å². The molecule has 1 amide bonds. The molecular weight excluding hydrogens is 385 g/mol. The van der Waals surface area contributed by atoms with Crippen LogP contribution in [0.1, 0.15) is 16.8 Å². The van der Waals surface area contributed by atoms with E-state index in [0.29, 0.717) is 17.4 Å². The van der Waals surface area contributed by atoms with Gasteiger partial charge in [0, 0.05) is 23.5 Å². The topological polar surface area (TPSA) is 109 Å². The molecule has 11 heteroatoms. The molecule has 0 spiro atoms. The smallest absolute Gasteiger partial charge is 0.325 e. The molecule has 0 aliphatic heterocycles. The van der Waals surface area contributed by atoms with Gasteiger partial charge in [-0.1, -0.05) is 11.8 Å². The number of aryl methyl sites for hydroxylation is 1. The first-order valence-corrected chi connectivity index (χ1v) is 8.26. The minimum absolute atomic E-state index is 0.0691. The number of rotatable bonds is 5. The summed E-state index contributed by atoms with van der Waals surface area (Å²) < 4.78 is 39.2. The molecule has 2 rings (SSSR count). The molecule has 0 unspecified atom stereocenters. The fraction of sp³-hybridized carbons (Fsp3) is 0.188. The number of pyridine rings is 1. The van der Waals surface area contributed by atoms with Gasteiger partial charge in [-0.3, -0.25) is 14.9 Å². The largest absolute Gasteiger partial charge is 0.417 e. The van der Waals surface area contributed by atoms with Crippen LogP contribution in [0.25, 0.3) is 0 Å².